The van der Waals surface area contributed by atoms with Gasteiger partial charge in [0.05, 0.1) is 4.75 Å². The Morgan fingerprint density at radius 1 is 1.24 bits per heavy atom. The van der Waals surface area contributed by atoms with Crippen molar-refractivity contribution in [3.05, 3.63) is 43.7 Å². The van der Waals surface area contributed by atoms with E-state index in [0.717, 1.165) is 6.42 Å². The third kappa shape index (κ3) is 2.16. The van der Waals surface area contributed by atoms with E-state index in [1.165, 1.54) is 19.1 Å². The first-order valence-electron chi connectivity index (χ1n) is 5.35. The van der Waals surface area contributed by atoms with E-state index >= 15 is 0 Å². The molecule has 3 heterocycles. The summed E-state index contributed by atoms with van der Waals surface area (Å²) >= 11 is 9.23. The molecule has 0 spiro atoms. The molecule has 88 valence electrons. The Balaban J connectivity index is 2.03. The van der Waals surface area contributed by atoms with Gasteiger partial charge in [0.1, 0.15) is 0 Å². The average Bonchev–Trinajstić information content (AvgIpc) is 2.97. The van der Waals surface area contributed by atoms with E-state index in [4.69, 9.17) is 0 Å². The molecule has 0 saturated heterocycles. The zero-order valence-corrected chi connectivity index (χ0v) is 13.3. The SMILES string of the molecule is CC1(c2sccc2-c2cccs2)CC=C(Br)S1. The Hall–Kier alpha value is -0.0300. The number of hydrogen-bond donors (Lipinski definition) is 0. The molecule has 0 fully saturated rings. The summed E-state index contributed by atoms with van der Waals surface area (Å²) in [5, 5.41) is 4.36. The van der Waals surface area contributed by atoms with Gasteiger partial charge in [0.2, 0.25) is 0 Å². The second-order valence-electron chi connectivity index (χ2n) is 4.19. The summed E-state index contributed by atoms with van der Waals surface area (Å²) in [6, 6.07) is 6.59. The largest absolute Gasteiger partial charge is 0.147 e. The van der Waals surface area contributed by atoms with Crippen molar-refractivity contribution in [2.75, 3.05) is 0 Å². The molecule has 0 N–H and O–H groups in total. The van der Waals surface area contributed by atoms with Gasteiger partial charge in [0.15, 0.2) is 0 Å². The van der Waals surface area contributed by atoms with E-state index in [1.54, 1.807) is 0 Å². The van der Waals surface area contributed by atoms with E-state index in [9.17, 15) is 0 Å². The van der Waals surface area contributed by atoms with Crippen LogP contribution in [0.4, 0.5) is 0 Å². The molecule has 0 bridgehead atoms. The van der Waals surface area contributed by atoms with Gasteiger partial charge < -0.3 is 0 Å². The van der Waals surface area contributed by atoms with Crippen LogP contribution in [0.5, 0.6) is 0 Å². The summed E-state index contributed by atoms with van der Waals surface area (Å²) in [6.45, 7) is 2.34. The number of rotatable bonds is 2. The highest BCUT2D eigenvalue weighted by molar-refractivity contribution is 9.14. The number of halogens is 1. The predicted molar refractivity (Wildman–Crippen MR) is 84.2 cm³/mol. The van der Waals surface area contributed by atoms with Crippen molar-refractivity contribution in [2.45, 2.75) is 18.1 Å². The Morgan fingerprint density at radius 2 is 2.12 bits per heavy atom. The maximum atomic E-state index is 3.60. The Kier molecular flexibility index (Phi) is 3.24. The first-order chi connectivity index (χ1) is 8.19. The molecule has 0 aliphatic carbocycles. The van der Waals surface area contributed by atoms with Crippen LogP contribution in [0, 0.1) is 0 Å². The number of thioether (sulfide) groups is 1. The Morgan fingerprint density at radius 3 is 2.76 bits per heavy atom. The fraction of sp³-hybridized carbons (Fsp3) is 0.231. The lowest BCUT2D eigenvalue weighted by molar-refractivity contribution is 0.737. The molecule has 0 aromatic carbocycles. The van der Waals surface area contributed by atoms with Crippen molar-refractivity contribution in [3.63, 3.8) is 0 Å². The molecule has 0 radical (unpaired) electrons. The normalized spacial score (nSPS) is 24.0. The van der Waals surface area contributed by atoms with Crippen molar-refractivity contribution < 1.29 is 0 Å². The molecule has 2 aromatic rings. The molecule has 0 nitrogen and oxygen atoms in total. The van der Waals surface area contributed by atoms with E-state index in [1.807, 2.05) is 34.4 Å². The third-order valence-corrected chi connectivity index (χ3v) is 7.11. The second-order valence-corrected chi connectivity index (χ2v) is 8.97. The quantitative estimate of drug-likeness (QED) is 0.638. The van der Waals surface area contributed by atoms with Crippen LogP contribution in [0.3, 0.4) is 0 Å². The van der Waals surface area contributed by atoms with E-state index in [2.05, 4.69) is 57.9 Å². The predicted octanol–water partition coefficient (Wildman–Crippen LogP) is 6.07. The van der Waals surface area contributed by atoms with Crippen molar-refractivity contribution in [1.82, 2.24) is 0 Å². The molecule has 1 aliphatic heterocycles. The molecular formula is C13H11BrS3. The Labute approximate surface area is 122 Å². The lowest BCUT2D eigenvalue weighted by Crippen LogP contribution is -2.11. The van der Waals surface area contributed by atoms with Crippen molar-refractivity contribution in [3.8, 4) is 10.4 Å². The minimum Gasteiger partial charge on any atom is -0.147 e. The maximum Gasteiger partial charge on any atom is 0.0567 e. The molecule has 1 aliphatic rings. The molecule has 3 rings (SSSR count). The Bertz CT molecular complexity index is 553. The van der Waals surface area contributed by atoms with Crippen molar-refractivity contribution in [2.24, 2.45) is 0 Å². The van der Waals surface area contributed by atoms with Crippen LogP contribution >= 0.6 is 50.4 Å². The van der Waals surface area contributed by atoms with Gasteiger partial charge in [-0.1, -0.05) is 12.1 Å². The summed E-state index contributed by atoms with van der Waals surface area (Å²) in [5.74, 6) is 0. The molecule has 17 heavy (non-hydrogen) atoms. The lowest BCUT2D eigenvalue weighted by Gasteiger charge is -2.23. The van der Waals surface area contributed by atoms with Gasteiger partial charge in [-0.15, -0.1) is 34.4 Å². The van der Waals surface area contributed by atoms with Gasteiger partial charge in [0, 0.05) is 19.1 Å². The van der Waals surface area contributed by atoms with Gasteiger partial charge >= 0.3 is 0 Å². The van der Waals surface area contributed by atoms with Gasteiger partial charge in [-0.25, -0.2) is 0 Å². The molecule has 0 saturated carbocycles. The maximum absolute atomic E-state index is 3.60. The van der Waals surface area contributed by atoms with Gasteiger partial charge in [-0.3, -0.25) is 0 Å². The molecule has 4 heteroatoms. The summed E-state index contributed by atoms with van der Waals surface area (Å²) in [5.41, 5.74) is 1.41. The highest BCUT2D eigenvalue weighted by Crippen LogP contribution is 2.55. The highest BCUT2D eigenvalue weighted by Gasteiger charge is 2.35. The lowest BCUT2D eigenvalue weighted by atomic mass is 10.0. The van der Waals surface area contributed by atoms with Gasteiger partial charge in [-0.2, -0.15) is 0 Å². The first kappa shape index (κ1) is 12.0. The van der Waals surface area contributed by atoms with Gasteiger partial charge in [-0.05, 0) is 52.2 Å². The minimum atomic E-state index is 0.201. The third-order valence-electron chi connectivity index (χ3n) is 2.91. The first-order valence-corrected chi connectivity index (χ1v) is 8.72. The highest BCUT2D eigenvalue weighted by atomic mass is 79.9. The van der Waals surface area contributed by atoms with Crippen LogP contribution in [0.2, 0.25) is 0 Å². The molecular weight excluding hydrogens is 332 g/mol. The smallest absolute Gasteiger partial charge is 0.0567 e. The van der Waals surface area contributed by atoms with Crippen LogP contribution < -0.4 is 0 Å². The van der Waals surface area contributed by atoms with Gasteiger partial charge in [0.25, 0.3) is 0 Å². The fourth-order valence-corrected chi connectivity index (χ4v) is 6.33. The average molecular weight is 343 g/mol. The van der Waals surface area contributed by atoms with Crippen LogP contribution in [0.25, 0.3) is 10.4 Å². The number of thiophene rings is 2. The van der Waals surface area contributed by atoms with Crippen LogP contribution in [-0.2, 0) is 4.75 Å². The summed E-state index contributed by atoms with van der Waals surface area (Å²) in [7, 11) is 0. The van der Waals surface area contributed by atoms with E-state index < -0.39 is 0 Å². The number of allylic oxidation sites excluding steroid dienone is 1. The van der Waals surface area contributed by atoms with Crippen LogP contribution in [-0.4, -0.2) is 0 Å². The topological polar surface area (TPSA) is 0 Å². The summed E-state index contributed by atoms with van der Waals surface area (Å²) in [4.78, 5) is 2.88. The van der Waals surface area contributed by atoms with E-state index in [0.29, 0.717) is 0 Å². The summed E-state index contributed by atoms with van der Waals surface area (Å²) < 4.78 is 1.47. The zero-order valence-electron chi connectivity index (χ0n) is 9.27. The molecule has 0 amide bonds. The standard InChI is InChI=1S/C13H11BrS3/c1-13(6-4-11(14)17-13)12-9(5-8-16-12)10-3-2-7-15-10/h2-5,7-8H,6H2,1H3. The number of hydrogen-bond acceptors (Lipinski definition) is 3. The van der Waals surface area contributed by atoms with Crippen LogP contribution in [0.15, 0.2) is 38.8 Å². The van der Waals surface area contributed by atoms with Crippen molar-refractivity contribution in [1.29, 1.82) is 0 Å². The minimum absolute atomic E-state index is 0.201. The van der Waals surface area contributed by atoms with E-state index in [-0.39, 0.29) is 4.75 Å². The van der Waals surface area contributed by atoms with Crippen molar-refractivity contribution >= 4 is 50.4 Å². The van der Waals surface area contributed by atoms with Crippen LogP contribution in [0.1, 0.15) is 18.2 Å². The summed E-state index contributed by atoms with van der Waals surface area (Å²) in [6.07, 6.45) is 3.39. The second kappa shape index (κ2) is 4.57. The zero-order chi connectivity index (χ0) is 11.9. The molecule has 1 unspecified atom stereocenters. The molecule has 1 atom stereocenters. The molecule has 2 aromatic heterocycles. The fourth-order valence-electron chi connectivity index (χ4n) is 2.06. The monoisotopic (exact) mass is 342 g/mol.